The first-order valence-corrected chi connectivity index (χ1v) is 5.38. The highest BCUT2D eigenvalue weighted by atomic mass is 35.5. The Kier molecular flexibility index (Phi) is 4.26. The lowest BCUT2D eigenvalue weighted by molar-refractivity contribution is -0.136. The van der Waals surface area contributed by atoms with E-state index in [1.807, 2.05) is 6.92 Å². The fourth-order valence-electron chi connectivity index (χ4n) is 1.14. The Balaban J connectivity index is 2.78. The summed E-state index contributed by atoms with van der Waals surface area (Å²) in [5, 5.41) is 3.08. The van der Waals surface area contributed by atoms with E-state index in [1.165, 1.54) is 13.3 Å². The van der Waals surface area contributed by atoms with Gasteiger partial charge in [-0.25, -0.2) is 4.98 Å². The van der Waals surface area contributed by atoms with Crippen molar-refractivity contribution in [2.75, 3.05) is 12.4 Å². The van der Waals surface area contributed by atoms with Crippen LogP contribution in [0.15, 0.2) is 18.3 Å². The molecule has 0 aliphatic heterocycles. The van der Waals surface area contributed by atoms with Crippen LogP contribution < -0.4 is 5.32 Å². The van der Waals surface area contributed by atoms with Gasteiger partial charge in [0.25, 0.3) is 5.91 Å². The minimum absolute atomic E-state index is 0.195. The zero-order chi connectivity index (χ0) is 12.2. The second-order valence-corrected chi connectivity index (χ2v) is 4.00. The van der Waals surface area contributed by atoms with E-state index in [2.05, 4.69) is 10.3 Å². The Morgan fingerprint density at radius 1 is 1.69 bits per heavy atom. The standard InChI is InChI=1S/C11H15ClN2O2/c1-4-11(2,16-3)10(15)14-8-5-6-13-9(12)7-8/h5-7H,4H2,1-3H3,(H,13,14,15). The number of aromatic nitrogens is 1. The fourth-order valence-corrected chi connectivity index (χ4v) is 1.32. The third-order valence-corrected chi connectivity index (χ3v) is 2.80. The average Bonchev–Trinajstić information content (AvgIpc) is 2.28. The number of methoxy groups -OCH3 is 1. The van der Waals surface area contributed by atoms with Crippen LogP contribution in [0.2, 0.25) is 5.15 Å². The molecule has 0 aliphatic rings. The molecule has 1 atom stereocenters. The number of amides is 1. The minimum atomic E-state index is -0.824. The van der Waals surface area contributed by atoms with Crippen LogP contribution in [-0.2, 0) is 9.53 Å². The fraction of sp³-hybridized carbons (Fsp3) is 0.455. The molecule has 0 aliphatic carbocycles. The van der Waals surface area contributed by atoms with E-state index in [4.69, 9.17) is 16.3 Å². The quantitative estimate of drug-likeness (QED) is 0.826. The van der Waals surface area contributed by atoms with Crippen molar-refractivity contribution in [1.29, 1.82) is 0 Å². The Morgan fingerprint density at radius 3 is 2.88 bits per heavy atom. The number of carbonyl (C=O) groups excluding carboxylic acids is 1. The van der Waals surface area contributed by atoms with Crippen molar-refractivity contribution in [1.82, 2.24) is 4.98 Å². The van der Waals surface area contributed by atoms with Crippen molar-refractivity contribution >= 4 is 23.2 Å². The van der Waals surface area contributed by atoms with Crippen molar-refractivity contribution in [3.63, 3.8) is 0 Å². The summed E-state index contributed by atoms with van der Waals surface area (Å²) in [6, 6.07) is 3.26. The van der Waals surface area contributed by atoms with Crippen LogP contribution in [0.5, 0.6) is 0 Å². The Labute approximate surface area is 100.0 Å². The lowest BCUT2D eigenvalue weighted by atomic mass is 10.0. The van der Waals surface area contributed by atoms with E-state index >= 15 is 0 Å². The van der Waals surface area contributed by atoms with Crippen molar-refractivity contribution in [2.45, 2.75) is 25.9 Å². The van der Waals surface area contributed by atoms with Gasteiger partial charge in [-0.3, -0.25) is 4.79 Å². The molecule has 1 rings (SSSR count). The highest BCUT2D eigenvalue weighted by molar-refractivity contribution is 6.29. The maximum Gasteiger partial charge on any atom is 0.256 e. The summed E-state index contributed by atoms with van der Waals surface area (Å²) in [5.74, 6) is -0.195. The zero-order valence-electron chi connectivity index (χ0n) is 9.58. The van der Waals surface area contributed by atoms with Crippen molar-refractivity contribution in [2.24, 2.45) is 0 Å². The highest BCUT2D eigenvalue weighted by Crippen LogP contribution is 2.18. The molecule has 1 N–H and O–H groups in total. The van der Waals surface area contributed by atoms with Crippen LogP contribution >= 0.6 is 11.6 Å². The molecule has 1 amide bonds. The van der Waals surface area contributed by atoms with E-state index in [9.17, 15) is 4.79 Å². The van der Waals surface area contributed by atoms with Crippen LogP contribution in [0, 0.1) is 0 Å². The predicted octanol–water partition coefficient (Wildman–Crippen LogP) is 2.49. The van der Waals surface area contributed by atoms with Crippen LogP contribution in [0.1, 0.15) is 20.3 Å². The summed E-state index contributed by atoms with van der Waals surface area (Å²) < 4.78 is 5.19. The molecule has 1 unspecified atom stereocenters. The molecular weight excluding hydrogens is 228 g/mol. The first kappa shape index (κ1) is 12.9. The SMILES string of the molecule is CCC(C)(OC)C(=O)Nc1ccnc(Cl)c1. The first-order chi connectivity index (χ1) is 7.51. The highest BCUT2D eigenvalue weighted by Gasteiger charge is 2.30. The van der Waals surface area contributed by atoms with Crippen molar-refractivity contribution < 1.29 is 9.53 Å². The van der Waals surface area contributed by atoms with E-state index in [1.54, 1.807) is 19.1 Å². The summed E-state index contributed by atoms with van der Waals surface area (Å²) >= 11 is 5.72. The molecule has 0 fully saturated rings. The second-order valence-electron chi connectivity index (χ2n) is 3.61. The molecule has 1 aromatic heterocycles. The maximum absolute atomic E-state index is 11.9. The van der Waals surface area contributed by atoms with Crippen LogP contribution in [0.3, 0.4) is 0 Å². The molecule has 0 aromatic carbocycles. The molecular formula is C11H15ClN2O2. The number of hydrogen-bond donors (Lipinski definition) is 1. The largest absolute Gasteiger partial charge is 0.369 e. The van der Waals surface area contributed by atoms with Gasteiger partial charge < -0.3 is 10.1 Å². The number of halogens is 1. The zero-order valence-corrected chi connectivity index (χ0v) is 10.3. The van der Waals surface area contributed by atoms with Crippen LogP contribution in [0.25, 0.3) is 0 Å². The normalized spacial score (nSPS) is 14.2. The third-order valence-electron chi connectivity index (χ3n) is 2.59. The summed E-state index contributed by atoms with van der Waals surface area (Å²) in [4.78, 5) is 15.7. The third kappa shape index (κ3) is 2.93. The Hall–Kier alpha value is -1.13. The van der Waals surface area contributed by atoms with Gasteiger partial charge in [0, 0.05) is 19.0 Å². The minimum Gasteiger partial charge on any atom is -0.369 e. The van der Waals surface area contributed by atoms with Crippen molar-refractivity contribution in [3.05, 3.63) is 23.5 Å². The number of pyridine rings is 1. The van der Waals surface area contributed by atoms with Crippen LogP contribution in [-0.4, -0.2) is 23.6 Å². The molecule has 0 saturated heterocycles. The molecule has 4 nitrogen and oxygen atoms in total. The topological polar surface area (TPSA) is 51.2 Å². The van der Waals surface area contributed by atoms with Gasteiger partial charge in [-0.1, -0.05) is 18.5 Å². The molecule has 0 bridgehead atoms. The molecule has 0 spiro atoms. The molecule has 88 valence electrons. The molecule has 5 heteroatoms. The molecule has 0 saturated carbocycles. The van der Waals surface area contributed by atoms with Gasteiger partial charge >= 0.3 is 0 Å². The number of hydrogen-bond acceptors (Lipinski definition) is 3. The van der Waals surface area contributed by atoms with Crippen LogP contribution in [0.4, 0.5) is 5.69 Å². The molecule has 1 heterocycles. The Bertz CT molecular complexity index is 378. The molecule has 16 heavy (non-hydrogen) atoms. The number of ether oxygens (including phenoxy) is 1. The van der Waals surface area contributed by atoms with Gasteiger partial charge in [0.15, 0.2) is 0 Å². The summed E-state index contributed by atoms with van der Waals surface area (Å²) in [6.07, 6.45) is 2.13. The monoisotopic (exact) mass is 242 g/mol. The number of nitrogens with one attached hydrogen (secondary N) is 1. The molecule has 0 radical (unpaired) electrons. The van der Waals surface area contributed by atoms with Gasteiger partial charge in [0.05, 0.1) is 0 Å². The van der Waals surface area contributed by atoms with E-state index < -0.39 is 5.60 Å². The number of rotatable bonds is 4. The smallest absolute Gasteiger partial charge is 0.256 e. The average molecular weight is 243 g/mol. The lowest BCUT2D eigenvalue weighted by Crippen LogP contribution is -2.41. The first-order valence-electron chi connectivity index (χ1n) is 5.00. The summed E-state index contributed by atoms with van der Waals surface area (Å²) in [5.41, 5.74) is -0.211. The van der Waals surface area contributed by atoms with Gasteiger partial charge in [0.1, 0.15) is 10.8 Å². The van der Waals surface area contributed by atoms with E-state index in [0.717, 1.165) is 0 Å². The van der Waals surface area contributed by atoms with E-state index in [0.29, 0.717) is 17.3 Å². The second kappa shape index (κ2) is 5.27. The number of anilines is 1. The summed E-state index contributed by atoms with van der Waals surface area (Å²) in [7, 11) is 1.52. The lowest BCUT2D eigenvalue weighted by Gasteiger charge is -2.25. The summed E-state index contributed by atoms with van der Waals surface area (Å²) in [6.45, 7) is 3.63. The van der Waals surface area contributed by atoms with Gasteiger partial charge in [-0.05, 0) is 25.5 Å². The molecule has 1 aromatic rings. The van der Waals surface area contributed by atoms with Crippen molar-refractivity contribution in [3.8, 4) is 0 Å². The number of carbonyl (C=O) groups is 1. The van der Waals surface area contributed by atoms with Gasteiger partial charge in [-0.2, -0.15) is 0 Å². The van der Waals surface area contributed by atoms with Gasteiger partial charge in [0.2, 0.25) is 0 Å². The predicted molar refractivity (Wildman–Crippen MR) is 63.6 cm³/mol. The Morgan fingerprint density at radius 2 is 2.38 bits per heavy atom. The number of nitrogens with zero attached hydrogens (tertiary/aromatic N) is 1. The van der Waals surface area contributed by atoms with E-state index in [-0.39, 0.29) is 5.91 Å². The van der Waals surface area contributed by atoms with Gasteiger partial charge in [-0.15, -0.1) is 0 Å². The maximum atomic E-state index is 11.9.